The first-order chi connectivity index (χ1) is 16.5. The first kappa shape index (κ1) is 23.9. The van der Waals surface area contributed by atoms with Crippen LogP contribution in [0.1, 0.15) is 29.3 Å². The van der Waals surface area contributed by atoms with Crippen molar-refractivity contribution in [3.05, 3.63) is 93.2 Å². The molecule has 3 aromatic carbocycles. The number of nitrogens with zero attached hydrogens (tertiary/aromatic N) is 2. The predicted molar refractivity (Wildman–Crippen MR) is 138 cm³/mol. The van der Waals surface area contributed by atoms with Crippen molar-refractivity contribution in [1.29, 1.82) is 0 Å². The van der Waals surface area contributed by atoms with E-state index in [-0.39, 0.29) is 11.5 Å². The SMILES string of the molecule is CCCNC(=O)c1ccc2c(=O)n(-c3cccc(OC)c3)c(SCc3ccccc3Cl)nc2c1. The van der Waals surface area contributed by atoms with Crippen molar-refractivity contribution in [3.8, 4) is 11.4 Å². The van der Waals surface area contributed by atoms with Crippen LogP contribution in [0.2, 0.25) is 5.02 Å². The molecule has 6 nitrogen and oxygen atoms in total. The third-order valence-electron chi connectivity index (χ3n) is 5.26. The molecule has 0 saturated carbocycles. The van der Waals surface area contributed by atoms with E-state index in [1.165, 1.54) is 11.8 Å². The summed E-state index contributed by atoms with van der Waals surface area (Å²) in [6.07, 6.45) is 0.839. The summed E-state index contributed by atoms with van der Waals surface area (Å²) in [6.45, 7) is 2.58. The first-order valence-corrected chi connectivity index (χ1v) is 12.2. The molecule has 0 unspecified atom stereocenters. The summed E-state index contributed by atoms with van der Waals surface area (Å²) in [7, 11) is 1.58. The zero-order valence-electron chi connectivity index (χ0n) is 18.9. The number of hydrogen-bond donors (Lipinski definition) is 1. The molecular weight excluding hydrogens is 470 g/mol. The topological polar surface area (TPSA) is 73.2 Å². The number of carbonyl (C=O) groups is 1. The van der Waals surface area contributed by atoms with Gasteiger partial charge in [0.2, 0.25) is 0 Å². The summed E-state index contributed by atoms with van der Waals surface area (Å²) in [5, 5.41) is 4.44. The fraction of sp³-hybridized carbons (Fsp3) is 0.192. The van der Waals surface area contributed by atoms with Gasteiger partial charge in [0.25, 0.3) is 11.5 Å². The molecular formula is C26H24ClN3O3S. The molecule has 174 valence electrons. The van der Waals surface area contributed by atoms with Crippen molar-refractivity contribution < 1.29 is 9.53 Å². The minimum absolute atomic E-state index is 0.187. The van der Waals surface area contributed by atoms with Crippen LogP contribution in [0.15, 0.2) is 76.7 Å². The van der Waals surface area contributed by atoms with Crippen LogP contribution in [0.25, 0.3) is 16.6 Å². The quantitative estimate of drug-likeness (QED) is 0.260. The normalized spacial score (nSPS) is 10.9. The van der Waals surface area contributed by atoms with Gasteiger partial charge in [-0.3, -0.25) is 14.2 Å². The van der Waals surface area contributed by atoms with Crippen LogP contribution in [0.3, 0.4) is 0 Å². The molecule has 0 aliphatic rings. The van der Waals surface area contributed by atoms with Gasteiger partial charge in [-0.05, 0) is 48.4 Å². The zero-order valence-corrected chi connectivity index (χ0v) is 20.4. The Balaban J connectivity index is 1.84. The Labute approximate surface area is 206 Å². The predicted octanol–water partition coefficient (Wildman–Crippen LogP) is 5.48. The van der Waals surface area contributed by atoms with Gasteiger partial charge in [-0.1, -0.05) is 54.6 Å². The third kappa shape index (κ3) is 5.11. The number of nitrogens with one attached hydrogen (secondary N) is 1. The number of hydrogen-bond acceptors (Lipinski definition) is 5. The summed E-state index contributed by atoms with van der Waals surface area (Å²) >= 11 is 7.75. The number of thioether (sulfide) groups is 1. The lowest BCUT2D eigenvalue weighted by Crippen LogP contribution is -2.25. The van der Waals surface area contributed by atoms with Crippen molar-refractivity contribution in [3.63, 3.8) is 0 Å². The number of methoxy groups -OCH3 is 1. The molecule has 0 saturated heterocycles. The molecule has 0 aliphatic carbocycles. The maximum absolute atomic E-state index is 13.6. The monoisotopic (exact) mass is 493 g/mol. The summed E-state index contributed by atoms with van der Waals surface area (Å²) in [5.74, 6) is 0.973. The second kappa shape index (κ2) is 10.8. The number of halogens is 1. The highest BCUT2D eigenvalue weighted by Gasteiger charge is 2.16. The molecule has 0 radical (unpaired) electrons. The van der Waals surface area contributed by atoms with Gasteiger partial charge in [0.1, 0.15) is 5.75 Å². The van der Waals surface area contributed by atoms with Crippen LogP contribution in [-0.2, 0) is 5.75 Å². The highest BCUT2D eigenvalue weighted by molar-refractivity contribution is 7.98. The first-order valence-electron chi connectivity index (χ1n) is 10.9. The van der Waals surface area contributed by atoms with Crippen LogP contribution >= 0.6 is 23.4 Å². The molecule has 0 aliphatic heterocycles. The molecule has 34 heavy (non-hydrogen) atoms. The lowest BCUT2D eigenvalue weighted by atomic mass is 10.1. The second-order valence-corrected chi connectivity index (χ2v) is 8.95. The lowest BCUT2D eigenvalue weighted by Gasteiger charge is -2.15. The highest BCUT2D eigenvalue weighted by atomic mass is 35.5. The van der Waals surface area contributed by atoms with Gasteiger partial charge in [-0.25, -0.2) is 4.98 Å². The van der Waals surface area contributed by atoms with Gasteiger partial charge in [0, 0.05) is 29.0 Å². The maximum atomic E-state index is 13.6. The molecule has 1 heterocycles. The van der Waals surface area contributed by atoms with Crippen molar-refractivity contribution in [2.24, 2.45) is 0 Å². The second-order valence-electron chi connectivity index (χ2n) is 7.60. The van der Waals surface area contributed by atoms with Crippen LogP contribution in [-0.4, -0.2) is 29.1 Å². The van der Waals surface area contributed by atoms with Crippen LogP contribution in [0, 0.1) is 0 Å². The number of ether oxygens (including phenoxy) is 1. The minimum Gasteiger partial charge on any atom is -0.497 e. The lowest BCUT2D eigenvalue weighted by molar-refractivity contribution is 0.0954. The van der Waals surface area contributed by atoms with E-state index in [9.17, 15) is 9.59 Å². The van der Waals surface area contributed by atoms with E-state index in [1.807, 2.05) is 49.4 Å². The summed E-state index contributed by atoms with van der Waals surface area (Å²) in [5.41, 5.74) is 2.29. The van der Waals surface area contributed by atoms with E-state index < -0.39 is 0 Å². The molecule has 0 atom stereocenters. The molecule has 0 bridgehead atoms. The molecule has 8 heteroatoms. The molecule has 0 spiro atoms. The van der Waals surface area contributed by atoms with Crippen molar-refractivity contribution in [2.75, 3.05) is 13.7 Å². The Kier molecular flexibility index (Phi) is 7.55. The number of benzene rings is 3. The number of amides is 1. The Morgan fingerprint density at radius 3 is 2.71 bits per heavy atom. The van der Waals surface area contributed by atoms with Gasteiger partial charge in [0.05, 0.1) is 23.7 Å². The van der Waals surface area contributed by atoms with Crippen LogP contribution in [0.5, 0.6) is 5.75 Å². The van der Waals surface area contributed by atoms with Gasteiger partial charge in [-0.2, -0.15) is 0 Å². The summed E-state index contributed by atoms with van der Waals surface area (Å²) in [4.78, 5) is 30.9. The molecule has 1 amide bonds. The maximum Gasteiger partial charge on any atom is 0.266 e. The molecule has 1 aromatic heterocycles. The van der Waals surface area contributed by atoms with Crippen LogP contribution in [0.4, 0.5) is 0 Å². The highest BCUT2D eigenvalue weighted by Crippen LogP contribution is 2.28. The number of carbonyl (C=O) groups excluding carboxylic acids is 1. The van der Waals surface area contributed by atoms with E-state index in [2.05, 4.69) is 5.32 Å². The van der Waals surface area contributed by atoms with Gasteiger partial charge in [0.15, 0.2) is 5.16 Å². The minimum atomic E-state index is -0.222. The van der Waals surface area contributed by atoms with E-state index in [0.717, 1.165) is 12.0 Å². The standard InChI is InChI=1S/C26H24ClN3O3S/c1-3-13-28-24(31)17-11-12-21-23(14-17)29-26(34-16-18-7-4-5-10-22(18)27)30(25(21)32)19-8-6-9-20(15-19)33-2/h4-12,14-15H,3,13,16H2,1-2H3,(H,28,31). The van der Waals surface area contributed by atoms with Crippen molar-refractivity contribution in [1.82, 2.24) is 14.9 Å². The number of rotatable bonds is 8. The van der Waals surface area contributed by atoms with E-state index in [0.29, 0.717) is 50.4 Å². The fourth-order valence-corrected chi connectivity index (χ4v) is 4.78. The Bertz CT molecular complexity index is 1400. The van der Waals surface area contributed by atoms with Gasteiger partial charge >= 0.3 is 0 Å². The van der Waals surface area contributed by atoms with Crippen molar-refractivity contribution in [2.45, 2.75) is 24.3 Å². The van der Waals surface area contributed by atoms with Gasteiger partial charge in [-0.15, -0.1) is 0 Å². The fourth-order valence-electron chi connectivity index (χ4n) is 3.48. The molecule has 4 rings (SSSR count). The largest absolute Gasteiger partial charge is 0.497 e. The van der Waals surface area contributed by atoms with Gasteiger partial charge < -0.3 is 10.1 Å². The molecule has 4 aromatic rings. The van der Waals surface area contributed by atoms with Crippen molar-refractivity contribution >= 4 is 40.2 Å². The Hall–Kier alpha value is -3.29. The Morgan fingerprint density at radius 1 is 1.12 bits per heavy atom. The van der Waals surface area contributed by atoms with Crippen LogP contribution < -0.4 is 15.6 Å². The van der Waals surface area contributed by atoms with E-state index >= 15 is 0 Å². The zero-order chi connectivity index (χ0) is 24.1. The Morgan fingerprint density at radius 2 is 1.94 bits per heavy atom. The van der Waals surface area contributed by atoms with E-state index in [4.69, 9.17) is 21.3 Å². The number of fused-ring (bicyclic) bond motifs is 1. The third-order valence-corrected chi connectivity index (χ3v) is 6.62. The average molecular weight is 494 g/mol. The molecule has 0 fully saturated rings. The summed E-state index contributed by atoms with van der Waals surface area (Å²) in [6, 6.07) is 19.8. The smallest absolute Gasteiger partial charge is 0.266 e. The number of aromatic nitrogens is 2. The average Bonchev–Trinajstić information content (AvgIpc) is 2.86. The summed E-state index contributed by atoms with van der Waals surface area (Å²) < 4.78 is 6.93. The van der Waals surface area contributed by atoms with E-state index in [1.54, 1.807) is 35.9 Å². The molecule has 1 N–H and O–H groups in total.